The molecule has 7 heteroatoms. The molecule has 0 fully saturated rings. The van der Waals surface area contributed by atoms with E-state index >= 15 is 0 Å². The van der Waals surface area contributed by atoms with Crippen LogP contribution >= 0.6 is 22.9 Å². The summed E-state index contributed by atoms with van der Waals surface area (Å²) < 4.78 is 0. The van der Waals surface area contributed by atoms with E-state index in [0.717, 1.165) is 33.7 Å². The van der Waals surface area contributed by atoms with E-state index in [1.165, 1.54) is 0 Å². The van der Waals surface area contributed by atoms with Crippen LogP contribution < -0.4 is 62.2 Å². The molecule has 4 rings (SSSR count). The van der Waals surface area contributed by atoms with Crippen LogP contribution in [0.1, 0.15) is 9.67 Å². The number of nitrogens with two attached hydrogens (primary N) is 1. The second-order valence-electron chi connectivity index (χ2n) is 5.74. The molecule has 2 heterocycles. The SMILES string of the molecule is Nc1c(C(=O)[O-])sc2nc(-c3ccccc3)cc(-c3ccc(Cl)cc3)c12.[K+]. The number of anilines is 1. The number of aromatic carboxylic acids is 1. The number of pyridine rings is 1. The molecule has 0 atom stereocenters. The standard InChI is InChI=1S/C20H13ClN2O2S.K/c21-13-8-6-11(7-9-13)14-10-15(12-4-2-1-3-5-12)23-19-16(14)17(22)18(26-19)20(24)25;/h1-10H,22H2,(H,24,25);/q;+1/p-1. The molecule has 0 saturated heterocycles. The average Bonchev–Trinajstić information content (AvgIpc) is 2.99. The summed E-state index contributed by atoms with van der Waals surface area (Å²) in [6.45, 7) is 0. The van der Waals surface area contributed by atoms with Crippen molar-refractivity contribution in [3.63, 3.8) is 0 Å². The molecule has 2 aromatic heterocycles. The Balaban J connectivity index is 0.00000210. The second-order valence-corrected chi connectivity index (χ2v) is 7.18. The number of carboxylic acid groups (broad SMARTS) is 1. The van der Waals surface area contributed by atoms with Crippen molar-refractivity contribution in [3.8, 4) is 22.4 Å². The number of halogens is 1. The minimum atomic E-state index is -1.30. The molecule has 4 aromatic rings. The fourth-order valence-electron chi connectivity index (χ4n) is 2.89. The van der Waals surface area contributed by atoms with Crippen molar-refractivity contribution < 1.29 is 61.3 Å². The molecule has 0 radical (unpaired) electrons. The summed E-state index contributed by atoms with van der Waals surface area (Å²) in [4.78, 5) is 16.6. The van der Waals surface area contributed by atoms with E-state index in [1.807, 2.05) is 48.5 Å². The molecule has 4 nitrogen and oxygen atoms in total. The third-order valence-electron chi connectivity index (χ3n) is 4.11. The Morgan fingerprint density at radius 1 is 1.04 bits per heavy atom. The molecule has 0 aliphatic heterocycles. The minimum absolute atomic E-state index is 0. The number of thiophene rings is 1. The summed E-state index contributed by atoms with van der Waals surface area (Å²) in [5.41, 5.74) is 9.68. The van der Waals surface area contributed by atoms with Gasteiger partial charge >= 0.3 is 51.4 Å². The Bertz CT molecular complexity index is 1130. The number of hydrogen-bond acceptors (Lipinski definition) is 5. The monoisotopic (exact) mass is 418 g/mol. The van der Waals surface area contributed by atoms with Crippen LogP contribution in [0.5, 0.6) is 0 Å². The number of carboxylic acids is 1. The molecule has 0 unspecified atom stereocenters. The van der Waals surface area contributed by atoms with E-state index in [0.29, 0.717) is 15.2 Å². The number of fused-ring (bicyclic) bond motifs is 1. The number of rotatable bonds is 3. The zero-order valence-electron chi connectivity index (χ0n) is 14.4. The molecule has 0 aliphatic rings. The molecule has 27 heavy (non-hydrogen) atoms. The van der Waals surface area contributed by atoms with Gasteiger partial charge in [-0.05, 0) is 29.3 Å². The fourth-order valence-corrected chi connectivity index (χ4v) is 3.97. The number of carbonyl (C=O) groups is 1. The average molecular weight is 419 g/mol. The summed E-state index contributed by atoms with van der Waals surface area (Å²) in [6.07, 6.45) is 0. The topological polar surface area (TPSA) is 79.0 Å². The van der Waals surface area contributed by atoms with E-state index in [2.05, 4.69) is 4.98 Å². The zero-order valence-corrected chi connectivity index (χ0v) is 19.1. The van der Waals surface area contributed by atoms with Gasteiger partial charge in [-0.2, -0.15) is 0 Å². The number of benzene rings is 2. The van der Waals surface area contributed by atoms with Crippen molar-refractivity contribution in [2.45, 2.75) is 0 Å². The molecule has 0 saturated carbocycles. The van der Waals surface area contributed by atoms with Crippen molar-refractivity contribution in [3.05, 3.63) is 70.6 Å². The van der Waals surface area contributed by atoms with Gasteiger partial charge < -0.3 is 15.6 Å². The summed E-state index contributed by atoms with van der Waals surface area (Å²) in [5.74, 6) is -1.30. The summed E-state index contributed by atoms with van der Waals surface area (Å²) in [5, 5.41) is 12.7. The number of aromatic nitrogens is 1. The van der Waals surface area contributed by atoms with Crippen molar-refractivity contribution in [2.75, 3.05) is 5.73 Å². The largest absolute Gasteiger partial charge is 1.00 e. The number of nitrogens with zero attached hydrogens (tertiary/aromatic N) is 1. The number of hydrogen-bond donors (Lipinski definition) is 1. The van der Waals surface area contributed by atoms with Gasteiger partial charge in [-0.1, -0.05) is 54.1 Å². The van der Waals surface area contributed by atoms with Gasteiger partial charge in [0.25, 0.3) is 0 Å². The van der Waals surface area contributed by atoms with Gasteiger partial charge in [0.05, 0.1) is 22.2 Å². The maximum atomic E-state index is 11.4. The first-order valence-electron chi connectivity index (χ1n) is 7.80. The Hall–Kier alpha value is -1.25. The predicted molar refractivity (Wildman–Crippen MR) is 104 cm³/mol. The Labute approximate surface area is 207 Å². The van der Waals surface area contributed by atoms with Crippen LogP contribution in [-0.2, 0) is 0 Å². The first-order chi connectivity index (χ1) is 12.5. The number of carbonyl (C=O) groups excluding carboxylic acids is 1. The molecule has 0 spiro atoms. The number of nitrogen functional groups attached to an aromatic ring is 1. The van der Waals surface area contributed by atoms with Crippen LogP contribution in [0.25, 0.3) is 32.6 Å². The maximum Gasteiger partial charge on any atom is 1.00 e. The Morgan fingerprint density at radius 3 is 2.33 bits per heavy atom. The van der Waals surface area contributed by atoms with E-state index in [1.54, 1.807) is 12.1 Å². The van der Waals surface area contributed by atoms with Gasteiger partial charge in [-0.3, -0.25) is 0 Å². The van der Waals surface area contributed by atoms with Gasteiger partial charge in [-0.25, -0.2) is 4.98 Å². The van der Waals surface area contributed by atoms with Gasteiger partial charge in [0.15, 0.2) is 0 Å². The van der Waals surface area contributed by atoms with Crippen LogP contribution in [-0.4, -0.2) is 11.0 Å². The molecular formula is C20H12ClKN2O2S. The smallest absolute Gasteiger partial charge is 0.544 e. The Kier molecular flexibility index (Phi) is 6.38. The summed E-state index contributed by atoms with van der Waals surface area (Å²) in [6, 6.07) is 18.9. The van der Waals surface area contributed by atoms with Crippen LogP contribution in [0.4, 0.5) is 5.69 Å². The predicted octanol–water partition coefficient (Wildman–Crippen LogP) is 1.23. The van der Waals surface area contributed by atoms with Crippen molar-refractivity contribution in [2.24, 2.45) is 0 Å². The first-order valence-corrected chi connectivity index (χ1v) is 9.00. The van der Waals surface area contributed by atoms with Gasteiger partial charge in [0, 0.05) is 16.0 Å². The molecule has 2 aromatic carbocycles. The molecule has 0 aliphatic carbocycles. The molecule has 0 amide bonds. The molecule has 0 bridgehead atoms. The van der Waals surface area contributed by atoms with Crippen molar-refractivity contribution in [1.29, 1.82) is 0 Å². The fraction of sp³-hybridized carbons (Fsp3) is 0. The van der Waals surface area contributed by atoms with E-state index in [9.17, 15) is 9.90 Å². The van der Waals surface area contributed by atoms with Crippen LogP contribution in [0.2, 0.25) is 5.02 Å². The van der Waals surface area contributed by atoms with E-state index in [-0.39, 0.29) is 61.9 Å². The van der Waals surface area contributed by atoms with E-state index in [4.69, 9.17) is 17.3 Å². The third-order valence-corrected chi connectivity index (χ3v) is 5.44. The minimum Gasteiger partial charge on any atom is -0.544 e. The third kappa shape index (κ3) is 3.98. The van der Waals surface area contributed by atoms with Gasteiger partial charge in [-0.15, -0.1) is 11.3 Å². The Morgan fingerprint density at radius 2 is 1.70 bits per heavy atom. The summed E-state index contributed by atoms with van der Waals surface area (Å²) >= 11 is 7.03. The van der Waals surface area contributed by atoms with Crippen molar-refractivity contribution >= 4 is 44.8 Å². The van der Waals surface area contributed by atoms with Gasteiger partial charge in [0.1, 0.15) is 4.83 Å². The van der Waals surface area contributed by atoms with E-state index < -0.39 is 5.97 Å². The normalized spacial score (nSPS) is 10.6. The van der Waals surface area contributed by atoms with Crippen LogP contribution in [0, 0.1) is 0 Å². The maximum absolute atomic E-state index is 11.4. The zero-order chi connectivity index (χ0) is 18.3. The molecule has 2 N–H and O–H groups in total. The van der Waals surface area contributed by atoms with Gasteiger partial charge in [0.2, 0.25) is 0 Å². The van der Waals surface area contributed by atoms with Crippen LogP contribution in [0.15, 0.2) is 60.7 Å². The van der Waals surface area contributed by atoms with Crippen molar-refractivity contribution in [1.82, 2.24) is 4.98 Å². The first kappa shape index (κ1) is 20.5. The quantitative estimate of drug-likeness (QED) is 0.507. The van der Waals surface area contributed by atoms with Crippen LogP contribution in [0.3, 0.4) is 0 Å². The molecule has 128 valence electrons. The molecular weight excluding hydrogens is 407 g/mol. The second kappa shape index (κ2) is 8.40. The summed E-state index contributed by atoms with van der Waals surface area (Å²) in [7, 11) is 0.